The molecule has 1 spiro atoms. The van der Waals surface area contributed by atoms with Crippen LogP contribution in [-0.2, 0) is 0 Å². The second-order valence-corrected chi connectivity index (χ2v) is 2.56. The van der Waals surface area contributed by atoms with Crippen LogP contribution in [0.2, 0.25) is 0 Å². The number of hydrogen-bond acceptors (Lipinski definition) is 2. The standard InChI is InChI=1S/C5H10N2.2ClH/c1-2-7-5(1)3-6-4-5;;/h6-7H,1-4H2;2*1H. The normalized spacial score (nSPS) is 26.7. The number of rotatable bonds is 0. The third-order valence-electron chi connectivity index (χ3n) is 2.03. The van der Waals surface area contributed by atoms with E-state index in [1.165, 1.54) is 26.1 Å². The maximum atomic E-state index is 3.40. The molecule has 2 rings (SSSR count). The molecule has 4 heteroatoms. The number of hydrogen-bond donors (Lipinski definition) is 2. The Kier molecular flexibility index (Phi) is 3.23. The Morgan fingerprint density at radius 2 is 1.67 bits per heavy atom. The molecule has 0 aromatic rings. The summed E-state index contributed by atoms with van der Waals surface area (Å²) in [6.07, 6.45) is 1.39. The topological polar surface area (TPSA) is 24.1 Å². The Hall–Kier alpha value is 0.500. The first kappa shape index (κ1) is 9.50. The van der Waals surface area contributed by atoms with Gasteiger partial charge in [0.25, 0.3) is 0 Å². The number of nitrogens with one attached hydrogen (secondary N) is 2. The summed E-state index contributed by atoms with van der Waals surface area (Å²) >= 11 is 0. The Morgan fingerprint density at radius 1 is 1.11 bits per heavy atom. The van der Waals surface area contributed by atoms with Gasteiger partial charge in [0.05, 0.1) is 0 Å². The predicted octanol–water partition coefficient (Wildman–Crippen LogP) is 0.165. The van der Waals surface area contributed by atoms with Gasteiger partial charge in [0, 0.05) is 18.6 Å². The summed E-state index contributed by atoms with van der Waals surface area (Å²) in [5.74, 6) is 0. The summed E-state index contributed by atoms with van der Waals surface area (Å²) in [6, 6.07) is 0. The lowest BCUT2D eigenvalue weighted by molar-refractivity contribution is 0.128. The van der Waals surface area contributed by atoms with Gasteiger partial charge in [-0.05, 0) is 13.0 Å². The van der Waals surface area contributed by atoms with Crippen molar-refractivity contribution in [1.29, 1.82) is 0 Å². The molecule has 0 bridgehead atoms. The predicted molar refractivity (Wildman–Crippen MR) is 42.7 cm³/mol. The summed E-state index contributed by atoms with van der Waals surface area (Å²) in [7, 11) is 0. The molecule has 0 unspecified atom stereocenters. The largest absolute Gasteiger partial charge is 0.313 e. The molecule has 0 atom stereocenters. The minimum Gasteiger partial charge on any atom is -0.313 e. The van der Waals surface area contributed by atoms with Gasteiger partial charge in [0.2, 0.25) is 0 Å². The zero-order chi connectivity index (χ0) is 4.74. The first-order chi connectivity index (χ1) is 3.41. The summed E-state index contributed by atoms with van der Waals surface area (Å²) < 4.78 is 0. The van der Waals surface area contributed by atoms with Crippen LogP contribution in [0.15, 0.2) is 0 Å². The van der Waals surface area contributed by atoms with Crippen molar-refractivity contribution in [3.63, 3.8) is 0 Å². The molecule has 2 aliphatic heterocycles. The Balaban J connectivity index is 0.000000320. The van der Waals surface area contributed by atoms with Crippen molar-refractivity contribution in [3.05, 3.63) is 0 Å². The van der Waals surface area contributed by atoms with Crippen LogP contribution in [0.25, 0.3) is 0 Å². The molecule has 2 N–H and O–H groups in total. The van der Waals surface area contributed by atoms with E-state index in [0.717, 1.165) is 0 Å². The molecule has 2 fully saturated rings. The Labute approximate surface area is 67.6 Å². The van der Waals surface area contributed by atoms with Gasteiger partial charge in [0.1, 0.15) is 0 Å². The molecule has 2 aliphatic rings. The lowest BCUT2D eigenvalue weighted by atomic mass is 9.82. The van der Waals surface area contributed by atoms with Gasteiger partial charge in [-0.15, -0.1) is 24.8 Å². The highest BCUT2D eigenvalue weighted by Gasteiger charge is 2.41. The van der Waals surface area contributed by atoms with Gasteiger partial charge in [-0.3, -0.25) is 0 Å². The second-order valence-electron chi connectivity index (χ2n) is 2.56. The van der Waals surface area contributed by atoms with Crippen LogP contribution in [-0.4, -0.2) is 25.2 Å². The lowest BCUT2D eigenvalue weighted by Crippen LogP contribution is -2.74. The van der Waals surface area contributed by atoms with Crippen LogP contribution in [0.3, 0.4) is 0 Å². The molecule has 9 heavy (non-hydrogen) atoms. The van der Waals surface area contributed by atoms with Crippen molar-refractivity contribution in [2.45, 2.75) is 12.0 Å². The van der Waals surface area contributed by atoms with Gasteiger partial charge >= 0.3 is 0 Å². The smallest absolute Gasteiger partial charge is 0.0444 e. The molecule has 0 amide bonds. The van der Waals surface area contributed by atoms with E-state index in [-0.39, 0.29) is 24.8 Å². The molecule has 2 heterocycles. The summed E-state index contributed by atoms with van der Waals surface area (Å²) in [5, 5.41) is 6.64. The molecule has 0 radical (unpaired) electrons. The molecule has 2 nitrogen and oxygen atoms in total. The third kappa shape index (κ3) is 1.32. The molecule has 2 saturated heterocycles. The average Bonchev–Trinajstić information content (AvgIpc) is 1.20. The van der Waals surface area contributed by atoms with Gasteiger partial charge in [-0.25, -0.2) is 0 Å². The first-order valence-electron chi connectivity index (χ1n) is 2.87. The molecular weight excluding hydrogens is 159 g/mol. The van der Waals surface area contributed by atoms with Crippen LogP contribution >= 0.6 is 24.8 Å². The van der Waals surface area contributed by atoms with Crippen LogP contribution in [0.4, 0.5) is 0 Å². The van der Waals surface area contributed by atoms with Crippen molar-refractivity contribution in [2.24, 2.45) is 0 Å². The zero-order valence-corrected chi connectivity index (χ0v) is 6.78. The molecular formula is C5H12Cl2N2. The maximum absolute atomic E-state index is 3.40. The van der Waals surface area contributed by atoms with E-state index >= 15 is 0 Å². The number of halogens is 2. The van der Waals surface area contributed by atoms with Gasteiger partial charge in [-0.2, -0.15) is 0 Å². The quantitative estimate of drug-likeness (QED) is 0.542. The molecule has 0 aliphatic carbocycles. The SMILES string of the molecule is C1CC2(CNC2)N1.Cl.Cl. The summed E-state index contributed by atoms with van der Waals surface area (Å²) in [5.41, 5.74) is 0.583. The maximum Gasteiger partial charge on any atom is 0.0444 e. The van der Waals surface area contributed by atoms with E-state index in [2.05, 4.69) is 10.6 Å². The molecule has 56 valence electrons. The highest BCUT2D eigenvalue weighted by molar-refractivity contribution is 5.85. The first-order valence-corrected chi connectivity index (χ1v) is 2.87. The minimum absolute atomic E-state index is 0. The molecule has 0 aromatic carbocycles. The van der Waals surface area contributed by atoms with Gasteiger partial charge in [0.15, 0.2) is 0 Å². The average molecular weight is 171 g/mol. The monoisotopic (exact) mass is 170 g/mol. The van der Waals surface area contributed by atoms with E-state index in [9.17, 15) is 0 Å². The Bertz CT molecular complexity index is 73.4. The van der Waals surface area contributed by atoms with Gasteiger partial charge in [-0.1, -0.05) is 0 Å². The van der Waals surface area contributed by atoms with Crippen molar-refractivity contribution in [3.8, 4) is 0 Å². The molecule has 0 saturated carbocycles. The highest BCUT2D eigenvalue weighted by Crippen LogP contribution is 2.21. The minimum atomic E-state index is 0. The van der Waals surface area contributed by atoms with Crippen LogP contribution < -0.4 is 10.6 Å². The fraction of sp³-hybridized carbons (Fsp3) is 1.00. The second kappa shape index (κ2) is 3.06. The van der Waals surface area contributed by atoms with Crippen molar-refractivity contribution < 1.29 is 0 Å². The van der Waals surface area contributed by atoms with E-state index in [1.54, 1.807) is 0 Å². The summed E-state index contributed by atoms with van der Waals surface area (Å²) in [6.45, 7) is 3.64. The summed E-state index contributed by atoms with van der Waals surface area (Å²) in [4.78, 5) is 0. The van der Waals surface area contributed by atoms with Crippen molar-refractivity contribution >= 4 is 24.8 Å². The molecule has 0 aromatic heterocycles. The fourth-order valence-corrected chi connectivity index (χ4v) is 1.21. The van der Waals surface area contributed by atoms with Gasteiger partial charge < -0.3 is 10.6 Å². The highest BCUT2D eigenvalue weighted by atomic mass is 35.5. The fourth-order valence-electron chi connectivity index (χ4n) is 1.21. The van der Waals surface area contributed by atoms with Crippen LogP contribution in [0, 0.1) is 0 Å². The lowest BCUT2D eigenvalue weighted by Gasteiger charge is -2.50. The zero-order valence-electron chi connectivity index (χ0n) is 5.14. The third-order valence-corrected chi connectivity index (χ3v) is 2.03. The van der Waals surface area contributed by atoms with E-state index in [4.69, 9.17) is 0 Å². The van der Waals surface area contributed by atoms with E-state index in [1.807, 2.05) is 0 Å². The van der Waals surface area contributed by atoms with Crippen LogP contribution in [0.5, 0.6) is 0 Å². The van der Waals surface area contributed by atoms with Crippen LogP contribution in [0.1, 0.15) is 6.42 Å². The Morgan fingerprint density at radius 3 is 1.67 bits per heavy atom. The van der Waals surface area contributed by atoms with Crippen molar-refractivity contribution in [2.75, 3.05) is 19.6 Å². The van der Waals surface area contributed by atoms with E-state index in [0.29, 0.717) is 5.54 Å². The van der Waals surface area contributed by atoms with E-state index < -0.39 is 0 Å². The van der Waals surface area contributed by atoms with Crippen molar-refractivity contribution in [1.82, 2.24) is 10.6 Å².